The van der Waals surface area contributed by atoms with E-state index in [-0.39, 0.29) is 4.90 Å². The lowest BCUT2D eigenvalue weighted by atomic mass is 10.3. The second-order valence-corrected chi connectivity index (χ2v) is 7.59. The Kier molecular flexibility index (Phi) is 5.23. The van der Waals surface area contributed by atoms with E-state index in [1.165, 1.54) is 12.3 Å². The number of sulfonamides is 1. The van der Waals surface area contributed by atoms with Gasteiger partial charge in [-0.15, -0.1) is 0 Å². The van der Waals surface area contributed by atoms with E-state index in [2.05, 4.69) is 46.9 Å². The van der Waals surface area contributed by atoms with Crippen molar-refractivity contribution in [2.75, 3.05) is 16.6 Å². The molecule has 0 aliphatic carbocycles. The third kappa shape index (κ3) is 4.18. The average Bonchev–Trinajstić information content (AvgIpc) is 2.44. The van der Waals surface area contributed by atoms with Gasteiger partial charge < -0.3 is 5.32 Å². The molecule has 5 nitrogen and oxygen atoms in total. The Hall–Kier alpha value is -1.12. The van der Waals surface area contributed by atoms with E-state index in [0.29, 0.717) is 16.0 Å². The molecule has 8 heteroatoms. The summed E-state index contributed by atoms with van der Waals surface area (Å²) in [6.07, 6.45) is 1.33. The number of benzene rings is 1. The van der Waals surface area contributed by atoms with Gasteiger partial charge in [0.1, 0.15) is 10.7 Å². The summed E-state index contributed by atoms with van der Waals surface area (Å²) in [6, 6.07) is 8.40. The number of nitrogens with zero attached hydrogens (tertiary/aromatic N) is 1. The summed E-state index contributed by atoms with van der Waals surface area (Å²) in [5, 5.41) is 3.01. The van der Waals surface area contributed by atoms with Crippen molar-refractivity contribution in [3.05, 3.63) is 45.5 Å². The third-order valence-corrected chi connectivity index (χ3v) is 5.11. The van der Waals surface area contributed by atoms with Gasteiger partial charge in [-0.2, -0.15) is 0 Å². The van der Waals surface area contributed by atoms with Crippen LogP contribution in [-0.2, 0) is 10.0 Å². The molecule has 0 saturated heterocycles. The predicted octanol–water partition coefficient (Wildman–Crippen LogP) is 3.84. The van der Waals surface area contributed by atoms with Crippen LogP contribution in [0.25, 0.3) is 0 Å². The lowest BCUT2D eigenvalue weighted by Gasteiger charge is -2.10. The summed E-state index contributed by atoms with van der Waals surface area (Å²) in [4.78, 5) is 4.17. The number of nitrogens with one attached hydrogen (secondary N) is 2. The van der Waals surface area contributed by atoms with Crippen molar-refractivity contribution < 1.29 is 8.42 Å². The summed E-state index contributed by atoms with van der Waals surface area (Å²) in [6.45, 7) is 2.67. The van der Waals surface area contributed by atoms with Gasteiger partial charge in [-0.1, -0.05) is 15.9 Å². The first-order valence-electron chi connectivity index (χ1n) is 6.10. The van der Waals surface area contributed by atoms with Gasteiger partial charge in [-0.3, -0.25) is 4.72 Å². The molecule has 2 rings (SSSR count). The van der Waals surface area contributed by atoms with Crippen molar-refractivity contribution in [1.29, 1.82) is 0 Å². The Morgan fingerprint density at radius 3 is 2.57 bits per heavy atom. The second-order valence-electron chi connectivity index (χ2n) is 4.14. The highest BCUT2D eigenvalue weighted by Crippen LogP contribution is 2.28. The van der Waals surface area contributed by atoms with Crippen LogP contribution in [0.3, 0.4) is 0 Å². The zero-order chi connectivity index (χ0) is 15.5. The van der Waals surface area contributed by atoms with Gasteiger partial charge in [0.05, 0.1) is 5.69 Å². The minimum absolute atomic E-state index is 0.107. The van der Waals surface area contributed by atoms with Gasteiger partial charge >= 0.3 is 0 Å². The van der Waals surface area contributed by atoms with Gasteiger partial charge in [0, 0.05) is 21.7 Å². The standard InChI is InChI=1S/C13H13Br2N3O2S/c1-2-16-13-6-4-10(8-17-13)21(19,20)18-12-7-9(14)3-5-11(12)15/h3-8,18H,2H2,1H3,(H,16,17). The molecule has 0 atom stereocenters. The SMILES string of the molecule is CCNc1ccc(S(=O)(=O)Nc2cc(Br)ccc2Br)cn1. The van der Waals surface area contributed by atoms with Crippen LogP contribution >= 0.6 is 31.9 Å². The lowest BCUT2D eigenvalue weighted by molar-refractivity contribution is 0.601. The molecule has 1 aromatic heterocycles. The normalized spacial score (nSPS) is 11.2. The molecule has 0 aliphatic rings. The largest absolute Gasteiger partial charge is 0.370 e. The summed E-state index contributed by atoms with van der Waals surface area (Å²) in [5.41, 5.74) is 0.458. The van der Waals surface area contributed by atoms with E-state index in [1.54, 1.807) is 18.2 Å². The first-order valence-corrected chi connectivity index (χ1v) is 9.17. The Labute approximate surface area is 140 Å². The van der Waals surface area contributed by atoms with Crippen LogP contribution in [0.4, 0.5) is 11.5 Å². The highest BCUT2D eigenvalue weighted by molar-refractivity contribution is 9.11. The monoisotopic (exact) mass is 433 g/mol. The molecule has 0 amide bonds. The van der Waals surface area contributed by atoms with Crippen molar-refractivity contribution in [1.82, 2.24) is 4.98 Å². The molecular weight excluding hydrogens is 422 g/mol. The van der Waals surface area contributed by atoms with Gasteiger partial charge in [0.2, 0.25) is 0 Å². The number of anilines is 2. The number of hydrogen-bond donors (Lipinski definition) is 2. The van der Waals surface area contributed by atoms with Crippen molar-refractivity contribution in [3.8, 4) is 0 Å². The van der Waals surface area contributed by atoms with Crippen LogP contribution in [0.5, 0.6) is 0 Å². The van der Waals surface area contributed by atoms with Gasteiger partial charge in [-0.05, 0) is 53.2 Å². The fourth-order valence-electron chi connectivity index (χ4n) is 1.60. The van der Waals surface area contributed by atoms with Gasteiger partial charge in [0.15, 0.2) is 0 Å². The Morgan fingerprint density at radius 2 is 1.95 bits per heavy atom. The Balaban J connectivity index is 2.27. The fourth-order valence-corrected chi connectivity index (χ4v) is 3.46. The molecule has 0 fully saturated rings. The fraction of sp³-hybridized carbons (Fsp3) is 0.154. The van der Waals surface area contributed by atoms with Crippen LogP contribution in [0, 0.1) is 0 Å². The van der Waals surface area contributed by atoms with E-state index < -0.39 is 10.0 Å². The highest BCUT2D eigenvalue weighted by Gasteiger charge is 2.16. The van der Waals surface area contributed by atoms with Crippen molar-refractivity contribution in [3.63, 3.8) is 0 Å². The Bertz CT molecular complexity index is 734. The number of rotatable bonds is 5. The Morgan fingerprint density at radius 1 is 1.19 bits per heavy atom. The number of pyridine rings is 1. The van der Waals surface area contributed by atoms with Gasteiger partial charge in [0.25, 0.3) is 10.0 Å². The average molecular weight is 435 g/mol. The first kappa shape index (κ1) is 16.3. The van der Waals surface area contributed by atoms with Crippen molar-refractivity contribution in [2.24, 2.45) is 0 Å². The number of aromatic nitrogens is 1. The van der Waals surface area contributed by atoms with Crippen LogP contribution in [0.1, 0.15) is 6.92 Å². The minimum atomic E-state index is -3.68. The maximum absolute atomic E-state index is 12.3. The second kappa shape index (κ2) is 6.76. The van der Waals surface area contributed by atoms with E-state index in [0.717, 1.165) is 11.0 Å². The number of hydrogen-bond acceptors (Lipinski definition) is 4. The topological polar surface area (TPSA) is 71.1 Å². The molecule has 0 spiro atoms. The molecule has 0 bridgehead atoms. The van der Waals surface area contributed by atoms with Crippen LogP contribution in [0.2, 0.25) is 0 Å². The van der Waals surface area contributed by atoms with Crippen LogP contribution in [-0.4, -0.2) is 19.9 Å². The van der Waals surface area contributed by atoms with Gasteiger partial charge in [-0.25, -0.2) is 13.4 Å². The zero-order valence-corrected chi connectivity index (χ0v) is 15.1. The first-order chi connectivity index (χ1) is 9.92. The lowest BCUT2D eigenvalue weighted by Crippen LogP contribution is -2.14. The molecule has 0 aliphatic heterocycles. The molecule has 2 aromatic rings. The van der Waals surface area contributed by atoms with Crippen molar-refractivity contribution in [2.45, 2.75) is 11.8 Å². The van der Waals surface area contributed by atoms with Crippen LogP contribution in [0.15, 0.2) is 50.4 Å². The molecule has 0 unspecified atom stereocenters. The quantitative estimate of drug-likeness (QED) is 0.749. The van der Waals surface area contributed by atoms with Crippen molar-refractivity contribution >= 4 is 53.4 Å². The molecule has 1 heterocycles. The highest BCUT2D eigenvalue weighted by atomic mass is 79.9. The zero-order valence-electron chi connectivity index (χ0n) is 11.1. The predicted molar refractivity (Wildman–Crippen MR) is 91.1 cm³/mol. The smallest absolute Gasteiger partial charge is 0.263 e. The molecule has 1 aromatic carbocycles. The molecule has 21 heavy (non-hydrogen) atoms. The molecular formula is C13H13Br2N3O2S. The molecule has 0 saturated carbocycles. The van der Waals surface area contributed by atoms with E-state index in [4.69, 9.17) is 0 Å². The van der Waals surface area contributed by atoms with E-state index >= 15 is 0 Å². The summed E-state index contributed by atoms with van der Waals surface area (Å²) in [5.74, 6) is 0.639. The maximum Gasteiger partial charge on any atom is 0.263 e. The molecule has 0 radical (unpaired) electrons. The summed E-state index contributed by atoms with van der Waals surface area (Å²) < 4.78 is 28.6. The van der Waals surface area contributed by atoms with Crippen LogP contribution < -0.4 is 10.0 Å². The third-order valence-electron chi connectivity index (χ3n) is 2.58. The molecule has 2 N–H and O–H groups in total. The summed E-state index contributed by atoms with van der Waals surface area (Å²) >= 11 is 6.63. The molecule has 112 valence electrons. The van der Waals surface area contributed by atoms with E-state index in [9.17, 15) is 8.42 Å². The maximum atomic E-state index is 12.3. The van der Waals surface area contributed by atoms with E-state index in [1.807, 2.05) is 13.0 Å². The number of halogens is 2. The minimum Gasteiger partial charge on any atom is -0.370 e. The summed E-state index contributed by atoms with van der Waals surface area (Å²) in [7, 11) is -3.68.